The number of para-hydroxylation sites is 1. The van der Waals surface area contributed by atoms with Gasteiger partial charge in [-0.2, -0.15) is 0 Å². The maximum atomic E-state index is 13.1. The quantitative estimate of drug-likeness (QED) is 0.361. The van der Waals surface area contributed by atoms with Gasteiger partial charge >= 0.3 is 0 Å². The van der Waals surface area contributed by atoms with Crippen LogP contribution in [-0.2, 0) is 6.42 Å². The van der Waals surface area contributed by atoms with Crippen molar-refractivity contribution in [3.8, 4) is 17.0 Å². The Labute approximate surface area is 192 Å². The van der Waals surface area contributed by atoms with Crippen molar-refractivity contribution in [1.82, 2.24) is 15.3 Å². The van der Waals surface area contributed by atoms with E-state index in [2.05, 4.69) is 29.4 Å². The van der Waals surface area contributed by atoms with Crippen molar-refractivity contribution in [3.05, 3.63) is 95.7 Å². The third-order valence-corrected chi connectivity index (χ3v) is 5.99. The molecular weight excluding hydrogens is 410 g/mol. The molecule has 2 heterocycles. The lowest BCUT2D eigenvalue weighted by molar-refractivity contribution is 0.0949. The fourth-order valence-electron chi connectivity index (χ4n) is 4.20. The molecule has 0 bridgehead atoms. The number of hydrogen-bond acceptors (Lipinski definition) is 3. The molecule has 0 fully saturated rings. The Kier molecular flexibility index (Phi) is 5.53. The molecule has 3 aromatic carbocycles. The second-order valence-electron chi connectivity index (χ2n) is 8.12. The van der Waals surface area contributed by atoms with Crippen LogP contribution < -0.4 is 10.1 Å². The fraction of sp³-hybridized carbons (Fsp3) is 0.143. The van der Waals surface area contributed by atoms with Crippen molar-refractivity contribution in [2.24, 2.45) is 0 Å². The molecule has 164 valence electrons. The van der Waals surface area contributed by atoms with Crippen LogP contribution in [0.2, 0.25) is 0 Å². The SMILES string of the molecule is COc1ccc(CCNC(=O)c2cc3c([nH]c4ccccc43)c(-c3ccccc3C)n2)cc1. The molecule has 0 unspecified atom stereocenters. The van der Waals surface area contributed by atoms with Crippen LogP contribution in [0.3, 0.4) is 0 Å². The molecule has 5 heteroatoms. The zero-order valence-corrected chi connectivity index (χ0v) is 18.7. The Bertz CT molecular complexity index is 1450. The average molecular weight is 436 g/mol. The van der Waals surface area contributed by atoms with Crippen molar-refractivity contribution in [3.63, 3.8) is 0 Å². The number of fused-ring (bicyclic) bond motifs is 3. The van der Waals surface area contributed by atoms with Crippen molar-refractivity contribution in [1.29, 1.82) is 0 Å². The molecule has 0 aliphatic rings. The molecule has 5 nitrogen and oxygen atoms in total. The molecule has 0 saturated heterocycles. The average Bonchev–Trinajstić information content (AvgIpc) is 3.23. The lowest BCUT2D eigenvalue weighted by atomic mass is 10.0. The van der Waals surface area contributed by atoms with Gasteiger partial charge in [0.2, 0.25) is 0 Å². The number of ether oxygens (including phenoxy) is 1. The number of aromatic amines is 1. The van der Waals surface area contributed by atoms with Crippen molar-refractivity contribution in [2.45, 2.75) is 13.3 Å². The van der Waals surface area contributed by atoms with E-state index >= 15 is 0 Å². The Morgan fingerprint density at radius 3 is 2.52 bits per heavy atom. The third-order valence-electron chi connectivity index (χ3n) is 5.99. The highest BCUT2D eigenvalue weighted by atomic mass is 16.5. The number of rotatable bonds is 6. The van der Waals surface area contributed by atoms with Gasteiger partial charge in [-0.05, 0) is 48.7 Å². The number of nitrogens with one attached hydrogen (secondary N) is 2. The first-order chi connectivity index (χ1) is 16.1. The highest BCUT2D eigenvalue weighted by Crippen LogP contribution is 2.33. The molecule has 2 N–H and O–H groups in total. The maximum Gasteiger partial charge on any atom is 0.269 e. The molecule has 0 saturated carbocycles. The van der Waals surface area contributed by atoms with Crippen molar-refractivity contribution < 1.29 is 9.53 Å². The van der Waals surface area contributed by atoms with Gasteiger partial charge in [-0.25, -0.2) is 4.98 Å². The van der Waals surface area contributed by atoms with E-state index in [1.54, 1.807) is 7.11 Å². The van der Waals surface area contributed by atoms with Crippen LogP contribution in [0.15, 0.2) is 78.9 Å². The first kappa shape index (κ1) is 20.8. The monoisotopic (exact) mass is 435 g/mol. The minimum Gasteiger partial charge on any atom is -0.497 e. The topological polar surface area (TPSA) is 67.0 Å². The van der Waals surface area contributed by atoms with Gasteiger partial charge in [0.1, 0.15) is 11.4 Å². The Morgan fingerprint density at radius 2 is 1.73 bits per heavy atom. The van der Waals surface area contributed by atoms with Crippen LogP contribution >= 0.6 is 0 Å². The predicted octanol–water partition coefficient (Wildman–Crippen LogP) is 5.67. The van der Waals surface area contributed by atoms with Gasteiger partial charge in [0.05, 0.1) is 18.3 Å². The number of nitrogens with zero attached hydrogens (tertiary/aromatic N) is 1. The van der Waals surface area contributed by atoms with Gasteiger partial charge in [-0.3, -0.25) is 4.79 Å². The van der Waals surface area contributed by atoms with Gasteiger partial charge in [0.15, 0.2) is 0 Å². The number of amides is 1. The number of H-pyrrole nitrogens is 1. The molecule has 5 aromatic rings. The number of hydrogen-bond donors (Lipinski definition) is 2. The number of pyridine rings is 1. The summed E-state index contributed by atoms with van der Waals surface area (Å²) in [6.07, 6.45) is 0.732. The van der Waals surface area contributed by atoms with Crippen LogP contribution in [0.1, 0.15) is 21.6 Å². The minimum absolute atomic E-state index is 0.175. The number of aryl methyl sites for hydroxylation is 1. The molecular formula is C28H25N3O2. The van der Waals surface area contributed by atoms with Gasteiger partial charge in [-0.1, -0.05) is 54.6 Å². The van der Waals surface area contributed by atoms with Gasteiger partial charge in [0.25, 0.3) is 5.91 Å². The second kappa shape index (κ2) is 8.79. The second-order valence-corrected chi connectivity index (χ2v) is 8.12. The van der Waals surface area contributed by atoms with E-state index in [1.807, 2.05) is 66.7 Å². The zero-order valence-electron chi connectivity index (χ0n) is 18.7. The normalized spacial score (nSPS) is 11.1. The maximum absolute atomic E-state index is 13.1. The number of carbonyl (C=O) groups is 1. The summed E-state index contributed by atoms with van der Waals surface area (Å²) in [5.74, 6) is 0.647. The molecule has 2 aromatic heterocycles. The van der Waals surface area contributed by atoms with Gasteiger partial charge < -0.3 is 15.0 Å². The third kappa shape index (κ3) is 4.05. The van der Waals surface area contributed by atoms with E-state index in [0.29, 0.717) is 12.2 Å². The molecule has 0 atom stereocenters. The van der Waals surface area contributed by atoms with Crippen LogP contribution in [0.4, 0.5) is 0 Å². The summed E-state index contributed by atoms with van der Waals surface area (Å²) in [7, 11) is 1.65. The van der Waals surface area contributed by atoms with Crippen LogP contribution in [0, 0.1) is 6.92 Å². The lowest BCUT2D eigenvalue weighted by Crippen LogP contribution is -2.26. The van der Waals surface area contributed by atoms with Crippen molar-refractivity contribution in [2.75, 3.05) is 13.7 Å². The number of aromatic nitrogens is 2. The highest BCUT2D eigenvalue weighted by Gasteiger charge is 2.17. The fourth-order valence-corrected chi connectivity index (χ4v) is 4.20. The van der Waals surface area contributed by atoms with E-state index in [1.165, 1.54) is 0 Å². The first-order valence-electron chi connectivity index (χ1n) is 11.0. The number of methoxy groups -OCH3 is 1. The summed E-state index contributed by atoms with van der Waals surface area (Å²) in [6.45, 7) is 2.59. The first-order valence-corrected chi connectivity index (χ1v) is 11.0. The molecule has 1 amide bonds. The van der Waals surface area contributed by atoms with Gasteiger partial charge in [-0.15, -0.1) is 0 Å². The summed E-state index contributed by atoms with van der Waals surface area (Å²) >= 11 is 0. The van der Waals surface area contributed by atoms with Crippen molar-refractivity contribution >= 4 is 27.7 Å². The van der Waals surface area contributed by atoms with Crippen LogP contribution in [0.25, 0.3) is 33.1 Å². The lowest BCUT2D eigenvalue weighted by Gasteiger charge is -2.10. The molecule has 33 heavy (non-hydrogen) atoms. The van der Waals surface area contributed by atoms with E-state index in [-0.39, 0.29) is 5.91 Å². The summed E-state index contributed by atoms with van der Waals surface area (Å²) in [5.41, 5.74) is 6.45. The summed E-state index contributed by atoms with van der Waals surface area (Å²) in [5, 5.41) is 5.11. The molecule has 5 rings (SSSR count). The van der Waals surface area contributed by atoms with Gasteiger partial charge in [0, 0.05) is 28.4 Å². The molecule has 0 aliphatic carbocycles. The highest BCUT2D eigenvalue weighted by molar-refractivity contribution is 6.13. The molecule has 0 radical (unpaired) electrons. The largest absolute Gasteiger partial charge is 0.497 e. The van der Waals surface area contributed by atoms with Crippen LogP contribution in [0.5, 0.6) is 5.75 Å². The smallest absolute Gasteiger partial charge is 0.269 e. The Balaban J connectivity index is 1.49. The standard InChI is InChI=1S/C28H25N3O2/c1-18-7-3-4-8-21(18)26-27-23(22-9-5-6-10-24(22)30-27)17-25(31-26)28(32)29-16-15-19-11-13-20(33-2)14-12-19/h3-14,17,30H,15-16H2,1-2H3,(H,29,32). The minimum atomic E-state index is -0.175. The summed E-state index contributed by atoms with van der Waals surface area (Å²) < 4.78 is 5.20. The summed E-state index contributed by atoms with van der Waals surface area (Å²) in [6, 6.07) is 26.0. The Hall–Kier alpha value is -4.12. The predicted molar refractivity (Wildman–Crippen MR) is 133 cm³/mol. The number of benzene rings is 3. The van der Waals surface area contributed by atoms with E-state index in [0.717, 1.165) is 56.4 Å². The van der Waals surface area contributed by atoms with E-state index in [9.17, 15) is 4.79 Å². The van der Waals surface area contributed by atoms with Crippen LogP contribution in [-0.4, -0.2) is 29.5 Å². The zero-order chi connectivity index (χ0) is 22.8. The van der Waals surface area contributed by atoms with E-state index < -0.39 is 0 Å². The summed E-state index contributed by atoms with van der Waals surface area (Å²) in [4.78, 5) is 21.4. The molecule has 0 spiro atoms. The number of carbonyl (C=O) groups excluding carboxylic acids is 1. The molecule has 0 aliphatic heterocycles. The Morgan fingerprint density at radius 1 is 0.970 bits per heavy atom. The van der Waals surface area contributed by atoms with E-state index in [4.69, 9.17) is 9.72 Å².